The van der Waals surface area contributed by atoms with Crippen LogP contribution in [0.4, 0.5) is 0 Å². The number of hydrogen-bond acceptors (Lipinski definition) is 4. The van der Waals surface area contributed by atoms with Crippen LogP contribution in [0.25, 0.3) is 10.9 Å². The molecule has 0 spiro atoms. The van der Waals surface area contributed by atoms with E-state index in [9.17, 15) is 9.59 Å². The fourth-order valence-electron chi connectivity index (χ4n) is 2.59. The summed E-state index contributed by atoms with van der Waals surface area (Å²) in [6.45, 7) is 4.05. The molecule has 3 aromatic rings. The van der Waals surface area contributed by atoms with Gasteiger partial charge >= 0.3 is 0 Å². The Morgan fingerprint density at radius 1 is 1.20 bits per heavy atom. The molecule has 0 bridgehead atoms. The Hall–Kier alpha value is -3.09. The Kier molecular flexibility index (Phi) is 4.83. The Morgan fingerprint density at radius 2 is 2.00 bits per heavy atom. The summed E-state index contributed by atoms with van der Waals surface area (Å²) in [4.78, 5) is 24.7. The van der Waals surface area contributed by atoms with Gasteiger partial charge in [0.15, 0.2) is 5.76 Å². The highest BCUT2D eigenvalue weighted by molar-refractivity contribution is 5.95. The number of carbonyl (C=O) groups excluding carboxylic acids is 2. The Morgan fingerprint density at radius 3 is 2.72 bits per heavy atom. The van der Waals surface area contributed by atoms with E-state index in [0.717, 1.165) is 16.6 Å². The molecule has 0 aliphatic heterocycles. The first-order chi connectivity index (χ1) is 12.1. The van der Waals surface area contributed by atoms with Crippen molar-refractivity contribution in [3.8, 4) is 0 Å². The van der Waals surface area contributed by atoms with Gasteiger partial charge in [-0.2, -0.15) is 5.10 Å². The van der Waals surface area contributed by atoms with Gasteiger partial charge in [0.2, 0.25) is 5.91 Å². The maximum absolute atomic E-state index is 12.5. The molecule has 3 rings (SSSR count). The number of carbonyl (C=O) groups is 2. The number of aromatic amines is 1. The van der Waals surface area contributed by atoms with E-state index >= 15 is 0 Å². The Bertz CT molecular complexity index is 867. The second-order valence-electron chi connectivity index (χ2n) is 6.11. The number of para-hydroxylation sites is 1. The van der Waals surface area contributed by atoms with E-state index in [-0.39, 0.29) is 17.6 Å². The van der Waals surface area contributed by atoms with Crippen LogP contribution in [0, 0.1) is 5.92 Å². The smallest absolute Gasteiger partial charge is 0.287 e. The minimum Gasteiger partial charge on any atom is -0.459 e. The average molecular weight is 340 g/mol. The zero-order chi connectivity index (χ0) is 17.8. The van der Waals surface area contributed by atoms with Crippen molar-refractivity contribution in [2.45, 2.75) is 26.4 Å². The standard InChI is InChI=1S/C18H20N4O3/c1-11(2)16(20-17(23)15-8-5-9-25-15)18(24)19-10-14-12-6-3-4-7-13(12)21-22-14/h3-9,11,16H,10H2,1-2H3,(H,19,24)(H,20,23)(H,21,22). The summed E-state index contributed by atoms with van der Waals surface area (Å²) in [5.41, 5.74) is 1.67. The minimum atomic E-state index is -0.660. The van der Waals surface area contributed by atoms with Gasteiger partial charge in [-0.3, -0.25) is 14.7 Å². The third-order valence-corrected chi connectivity index (χ3v) is 3.96. The molecule has 1 aromatic carbocycles. The summed E-state index contributed by atoms with van der Waals surface area (Å²) in [6.07, 6.45) is 1.42. The van der Waals surface area contributed by atoms with Crippen molar-refractivity contribution in [2.24, 2.45) is 5.92 Å². The van der Waals surface area contributed by atoms with Gasteiger partial charge in [0.25, 0.3) is 5.91 Å². The highest BCUT2D eigenvalue weighted by atomic mass is 16.3. The first-order valence-corrected chi connectivity index (χ1v) is 8.10. The van der Waals surface area contributed by atoms with Gasteiger partial charge in [-0.15, -0.1) is 0 Å². The number of benzene rings is 1. The average Bonchev–Trinajstić information content (AvgIpc) is 3.27. The van der Waals surface area contributed by atoms with Crippen LogP contribution >= 0.6 is 0 Å². The lowest BCUT2D eigenvalue weighted by molar-refractivity contribution is -0.124. The number of rotatable bonds is 6. The number of amides is 2. The first-order valence-electron chi connectivity index (χ1n) is 8.10. The second kappa shape index (κ2) is 7.21. The third-order valence-electron chi connectivity index (χ3n) is 3.96. The van der Waals surface area contributed by atoms with Gasteiger partial charge < -0.3 is 15.1 Å². The number of nitrogens with one attached hydrogen (secondary N) is 3. The highest BCUT2D eigenvalue weighted by Gasteiger charge is 2.25. The van der Waals surface area contributed by atoms with E-state index in [0.29, 0.717) is 6.54 Å². The van der Waals surface area contributed by atoms with Crippen molar-refractivity contribution in [2.75, 3.05) is 0 Å². The molecule has 1 atom stereocenters. The molecule has 0 radical (unpaired) electrons. The normalized spacial score (nSPS) is 12.3. The molecule has 0 aliphatic rings. The largest absolute Gasteiger partial charge is 0.459 e. The third kappa shape index (κ3) is 3.71. The molecular weight excluding hydrogens is 320 g/mol. The fraction of sp³-hybridized carbons (Fsp3) is 0.278. The summed E-state index contributed by atoms with van der Waals surface area (Å²) in [5.74, 6) is -0.560. The molecule has 0 fully saturated rings. The zero-order valence-corrected chi connectivity index (χ0v) is 14.1. The Balaban J connectivity index is 1.66. The van der Waals surface area contributed by atoms with Crippen molar-refractivity contribution in [1.82, 2.24) is 20.8 Å². The zero-order valence-electron chi connectivity index (χ0n) is 14.1. The predicted octanol–water partition coefficient (Wildman–Crippen LogP) is 2.23. The second-order valence-corrected chi connectivity index (χ2v) is 6.11. The summed E-state index contributed by atoms with van der Waals surface area (Å²) in [6, 6.07) is 10.2. The van der Waals surface area contributed by atoms with Crippen LogP contribution in [-0.4, -0.2) is 28.1 Å². The SMILES string of the molecule is CC(C)C(NC(=O)c1ccco1)C(=O)NCc1[nH]nc2ccccc12. The molecule has 2 aromatic heterocycles. The molecule has 0 saturated carbocycles. The van der Waals surface area contributed by atoms with E-state index < -0.39 is 11.9 Å². The topological polar surface area (TPSA) is 100 Å². The molecule has 1 unspecified atom stereocenters. The number of hydrogen-bond donors (Lipinski definition) is 3. The summed E-state index contributed by atoms with van der Waals surface area (Å²) < 4.78 is 5.07. The minimum absolute atomic E-state index is 0.0718. The van der Waals surface area contributed by atoms with Gasteiger partial charge in [0, 0.05) is 5.39 Å². The molecule has 130 valence electrons. The molecular formula is C18H20N4O3. The highest BCUT2D eigenvalue weighted by Crippen LogP contribution is 2.15. The molecule has 7 heteroatoms. The van der Waals surface area contributed by atoms with Crippen LogP contribution in [0.2, 0.25) is 0 Å². The molecule has 2 amide bonds. The number of aromatic nitrogens is 2. The number of fused-ring (bicyclic) bond motifs is 1. The van der Waals surface area contributed by atoms with Gasteiger partial charge in [0.1, 0.15) is 6.04 Å². The van der Waals surface area contributed by atoms with Gasteiger partial charge in [-0.25, -0.2) is 0 Å². The number of furan rings is 1. The van der Waals surface area contributed by atoms with Crippen LogP contribution in [0.3, 0.4) is 0 Å². The van der Waals surface area contributed by atoms with E-state index in [1.807, 2.05) is 38.1 Å². The van der Waals surface area contributed by atoms with Gasteiger partial charge in [-0.05, 0) is 24.1 Å². The van der Waals surface area contributed by atoms with Gasteiger partial charge in [0.05, 0.1) is 24.0 Å². The van der Waals surface area contributed by atoms with Crippen LogP contribution in [0.1, 0.15) is 30.1 Å². The van der Waals surface area contributed by atoms with Crippen molar-refractivity contribution >= 4 is 22.7 Å². The lowest BCUT2D eigenvalue weighted by Crippen LogP contribution is -2.49. The maximum atomic E-state index is 12.5. The van der Waals surface area contributed by atoms with Crippen LogP contribution in [0.15, 0.2) is 47.1 Å². The molecule has 2 heterocycles. The van der Waals surface area contributed by atoms with Gasteiger partial charge in [-0.1, -0.05) is 32.0 Å². The molecule has 7 nitrogen and oxygen atoms in total. The molecule has 0 saturated heterocycles. The first kappa shape index (κ1) is 16.8. The quantitative estimate of drug-likeness (QED) is 0.640. The fourth-order valence-corrected chi connectivity index (χ4v) is 2.59. The van der Waals surface area contributed by atoms with E-state index in [4.69, 9.17) is 4.42 Å². The van der Waals surface area contributed by atoms with Crippen molar-refractivity contribution < 1.29 is 14.0 Å². The van der Waals surface area contributed by atoms with Crippen molar-refractivity contribution in [3.63, 3.8) is 0 Å². The van der Waals surface area contributed by atoms with E-state index in [1.54, 1.807) is 12.1 Å². The summed E-state index contributed by atoms with van der Waals surface area (Å²) >= 11 is 0. The number of H-pyrrole nitrogens is 1. The van der Waals surface area contributed by atoms with Crippen LogP contribution < -0.4 is 10.6 Å². The maximum Gasteiger partial charge on any atom is 0.287 e. The van der Waals surface area contributed by atoms with E-state index in [1.165, 1.54) is 6.26 Å². The number of nitrogens with zero attached hydrogens (tertiary/aromatic N) is 1. The predicted molar refractivity (Wildman–Crippen MR) is 92.7 cm³/mol. The van der Waals surface area contributed by atoms with Crippen molar-refractivity contribution in [1.29, 1.82) is 0 Å². The summed E-state index contributed by atoms with van der Waals surface area (Å²) in [5, 5.41) is 13.7. The van der Waals surface area contributed by atoms with Crippen LogP contribution in [-0.2, 0) is 11.3 Å². The molecule has 3 N–H and O–H groups in total. The van der Waals surface area contributed by atoms with E-state index in [2.05, 4.69) is 20.8 Å². The Labute approximate surface area is 144 Å². The molecule has 25 heavy (non-hydrogen) atoms. The summed E-state index contributed by atoms with van der Waals surface area (Å²) in [7, 11) is 0. The monoisotopic (exact) mass is 340 g/mol. The molecule has 0 aliphatic carbocycles. The van der Waals surface area contributed by atoms with Crippen molar-refractivity contribution in [3.05, 3.63) is 54.1 Å². The lowest BCUT2D eigenvalue weighted by Gasteiger charge is -2.21. The van der Waals surface area contributed by atoms with Crippen LogP contribution in [0.5, 0.6) is 0 Å². The lowest BCUT2D eigenvalue weighted by atomic mass is 10.0.